The SMILES string of the molecule is N#CCC1(n2cc(-c3ncnc4[nH]ccc34)c(N)n2)CN(C2CCN(Cc3ccnc(C(F)(F)F)c3F)CC2)C1.O=C(O)CC(=O)O. The Balaban J connectivity index is 0.000000559. The number of halogens is 4. The van der Waals surface area contributed by atoms with Crippen molar-refractivity contribution in [2.75, 3.05) is 31.9 Å². The third kappa shape index (κ3) is 7.15. The number of pyridine rings is 1. The van der Waals surface area contributed by atoms with Crippen molar-refractivity contribution < 1.29 is 37.4 Å². The summed E-state index contributed by atoms with van der Waals surface area (Å²) in [5, 5.41) is 30.4. The van der Waals surface area contributed by atoms with Gasteiger partial charge in [0, 0.05) is 55.2 Å². The molecule has 0 amide bonds. The normalized spacial score (nSPS) is 17.0. The molecule has 4 aromatic heterocycles. The van der Waals surface area contributed by atoms with Crippen molar-refractivity contribution in [3.8, 4) is 17.3 Å². The Morgan fingerprint density at radius 1 is 1.13 bits per heavy atom. The number of aromatic amines is 1. The van der Waals surface area contributed by atoms with E-state index in [1.54, 1.807) is 10.9 Å². The van der Waals surface area contributed by atoms with Crippen LogP contribution in [0.3, 0.4) is 0 Å². The van der Waals surface area contributed by atoms with Gasteiger partial charge < -0.3 is 20.9 Å². The molecule has 0 unspecified atom stereocenters. The number of hydrogen-bond donors (Lipinski definition) is 4. The van der Waals surface area contributed by atoms with Crippen molar-refractivity contribution in [3.05, 3.63) is 54.1 Å². The van der Waals surface area contributed by atoms with Crippen molar-refractivity contribution in [2.45, 2.75) is 50.0 Å². The molecule has 2 saturated heterocycles. The van der Waals surface area contributed by atoms with Crippen LogP contribution < -0.4 is 5.73 Å². The summed E-state index contributed by atoms with van der Waals surface area (Å²) in [5.74, 6) is -3.61. The summed E-state index contributed by atoms with van der Waals surface area (Å²) in [5.41, 5.74) is 6.32. The van der Waals surface area contributed by atoms with Crippen LogP contribution in [0.2, 0.25) is 0 Å². The Kier molecular flexibility index (Phi) is 9.40. The third-order valence-electron chi connectivity index (χ3n) is 8.25. The number of aliphatic carboxylic acids is 2. The molecule has 0 radical (unpaired) electrons. The van der Waals surface area contributed by atoms with Gasteiger partial charge in [0.15, 0.2) is 17.3 Å². The van der Waals surface area contributed by atoms with E-state index in [0.29, 0.717) is 48.9 Å². The molecule has 0 saturated carbocycles. The van der Waals surface area contributed by atoms with E-state index >= 15 is 0 Å². The number of nitrogen functional groups attached to an aromatic ring is 1. The number of alkyl halides is 3. The fraction of sp³-hybridized carbons (Fsp3) is 0.414. The number of nitrogens with two attached hydrogens (primary N) is 1. The first-order chi connectivity index (χ1) is 22.3. The Morgan fingerprint density at radius 2 is 1.83 bits per heavy atom. The van der Waals surface area contributed by atoms with Crippen LogP contribution in [0.15, 0.2) is 37.1 Å². The van der Waals surface area contributed by atoms with E-state index in [-0.39, 0.29) is 24.6 Å². The number of aromatic nitrogens is 6. The number of nitrogens with zero attached hydrogens (tertiary/aromatic N) is 8. The largest absolute Gasteiger partial charge is 0.481 e. The number of piperidine rings is 1. The Labute approximate surface area is 264 Å². The molecular weight excluding hydrogens is 628 g/mol. The average molecular weight is 659 g/mol. The molecule has 0 bridgehead atoms. The highest BCUT2D eigenvalue weighted by molar-refractivity contribution is 5.93. The minimum absolute atomic E-state index is 0.00885. The van der Waals surface area contributed by atoms with Gasteiger partial charge in [-0.2, -0.15) is 23.5 Å². The molecule has 6 rings (SSSR count). The third-order valence-corrected chi connectivity index (χ3v) is 8.25. The maximum atomic E-state index is 14.4. The maximum Gasteiger partial charge on any atom is 0.436 e. The van der Waals surface area contributed by atoms with E-state index in [4.69, 9.17) is 15.9 Å². The highest BCUT2D eigenvalue weighted by Gasteiger charge is 2.48. The molecule has 0 atom stereocenters. The van der Waals surface area contributed by atoms with Crippen molar-refractivity contribution >= 4 is 28.8 Å². The quantitative estimate of drug-likeness (QED) is 0.159. The highest BCUT2D eigenvalue weighted by atomic mass is 19.4. The van der Waals surface area contributed by atoms with E-state index in [2.05, 4.69) is 36.0 Å². The molecule has 0 aliphatic carbocycles. The molecule has 18 heteroatoms. The van der Waals surface area contributed by atoms with E-state index in [9.17, 15) is 32.4 Å². The molecule has 14 nitrogen and oxygen atoms in total. The van der Waals surface area contributed by atoms with Crippen molar-refractivity contribution in [1.29, 1.82) is 5.26 Å². The first-order valence-corrected chi connectivity index (χ1v) is 14.4. The topological polar surface area (TPSA) is 203 Å². The summed E-state index contributed by atoms with van der Waals surface area (Å²) >= 11 is 0. The first kappa shape index (κ1) is 33.2. The van der Waals surface area contributed by atoms with Gasteiger partial charge in [-0.1, -0.05) is 0 Å². The molecule has 2 fully saturated rings. The van der Waals surface area contributed by atoms with Gasteiger partial charge in [-0.3, -0.25) is 24.1 Å². The minimum Gasteiger partial charge on any atom is -0.481 e. The van der Waals surface area contributed by atoms with Crippen LogP contribution in [-0.2, 0) is 27.8 Å². The summed E-state index contributed by atoms with van der Waals surface area (Å²) in [4.78, 5) is 38.0. The number of carboxylic acid groups (broad SMARTS) is 2. The number of carboxylic acids is 2. The number of carbonyl (C=O) groups is 2. The fourth-order valence-electron chi connectivity index (χ4n) is 5.97. The number of fused-ring (bicyclic) bond motifs is 1. The molecule has 0 spiro atoms. The minimum atomic E-state index is -4.83. The summed E-state index contributed by atoms with van der Waals surface area (Å²) in [6.07, 6.45) is 2.27. The monoisotopic (exact) mass is 658 g/mol. The smallest absolute Gasteiger partial charge is 0.436 e. The lowest BCUT2D eigenvalue weighted by molar-refractivity contribution is -0.147. The van der Waals surface area contributed by atoms with Gasteiger partial charge in [-0.25, -0.2) is 19.3 Å². The van der Waals surface area contributed by atoms with Crippen LogP contribution in [-0.4, -0.2) is 93.9 Å². The van der Waals surface area contributed by atoms with Gasteiger partial charge in [-0.15, -0.1) is 0 Å². The summed E-state index contributed by atoms with van der Waals surface area (Å²) in [6, 6.07) is 5.71. The van der Waals surface area contributed by atoms with Crippen molar-refractivity contribution in [2.24, 2.45) is 0 Å². The zero-order valence-corrected chi connectivity index (χ0v) is 24.8. The predicted molar refractivity (Wildman–Crippen MR) is 157 cm³/mol. The predicted octanol–water partition coefficient (Wildman–Crippen LogP) is 3.09. The molecule has 2 aliphatic rings. The number of anilines is 1. The van der Waals surface area contributed by atoms with E-state index < -0.39 is 41.6 Å². The zero-order valence-electron chi connectivity index (χ0n) is 24.8. The molecule has 0 aromatic carbocycles. The van der Waals surface area contributed by atoms with Crippen molar-refractivity contribution in [3.63, 3.8) is 0 Å². The summed E-state index contributed by atoms with van der Waals surface area (Å²) in [7, 11) is 0. The molecule has 248 valence electrons. The average Bonchev–Trinajstić information content (AvgIpc) is 3.62. The van der Waals surface area contributed by atoms with E-state index in [1.807, 2.05) is 17.2 Å². The number of rotatable bonds is 8. The summed E-state index contributed by atoms with van der Waals surface area (Å²) in [6.45, 7) is 2.56. The van der Waals surface area contributed by atoms with Gasteiger partial charge in [0.1, 0.15) is 23.9 Å². The number of nitriles is 1. The molecule has 47 heavy (non-hydrogen) atoms. The second kappa shape index (κ2) is 13.3. The first-order valence-electron chi connectivity index (χ1n) is 14.4. The Bertz CT molecular complexity index is 1790. The molecular formula is C29H30F4N10O4. The Morgan fingerprint density at radius 3 is 2.45 bits per heavy atom. The second-order valence-electron chi connectivity index (χ2n) is 11.4. The van der Waals surface area contributed by atoms with Crippen LogP contribution >= 0.6 is 0 Å². The molecule has 2 aliphatic heterocycles. The van der Waals surface area contributed by atoms with Gasteiger partial charge in [0.25, 0.3) is 0 Å². The zero-order chi connectivity index (χ0) is 33.9. The van der Waals surface area contributed by atoms with Gasteiger partial charge in [0.2, 0.25) is 0 Å². The molecule has 6 heterocycles. The second-order valence-corrected chi connectivity index (χ2v) is 11.4. The van der Waals surface area contributed by atoms with Gasteiger partial charge in [-0.05, 0) is 38.1 Å². The summed E-state index contributed by atoms with van der Waals surface area (Å²) < 4.78 is 55.3. The highest BCUT2D eigenvalue weighted by Crippen LogP contribution is 2.39. The van der Waals surface area contributed by atoms with E-state index in [0.717, 1.165) is 24.4 Å². The Hall–Kier alpha value is -5.15. The van der Waals surface area contributed by atoms with Crippen LogP contribution in [0.5, 0.6) is 0 Å². The van der Waals surface area contributed by atoms with Crippen LogP contribution in [0.4, 0.5) is 23.4 Å². The molecule has 5 N–H and O–H groups in total. The molecule has 4 aromatic rings. The lowest BCUT2D eigenvalue weighted by Crippen LogP contribution is -2.66. The van der Waals surface area contributed by atoms with Crippen LogP contribution in [0.1, 0.15) is 36.9 Å². The fourth-order valence-corrected chi connectivity index (χ4v) is 5.97. The number of hydrogen-bond acceptors (Lipinski definition) is 10. The van der Waals surface area contributed by atoms with E-state index in [1.165, 1.54) is 12.4 Å². The lowest BCUT2D eigenvalue weighted by Gasteiger charge is -2.53. The maximum absolute atomic E-state index is 14.4. The van der Waals surface area contributed by atoms with Crippen molar-refractivity contribution in [1.82, 2.24) is 39.5 Å². The van der Waals surface area contributed by atoms with Gasteiger partial charge >= 0.3 is 18.1 Å². The standard InChI is InChI=1S/C26H26F4N10.C3H4O4/c27-20-16(1-7-33-22(20)26(28,29)30)11-38-9-3-17(4-10-38)39-13-25(14-39,5-6-31)40-12-19(23(32)37-40)21-18-2-8-34-24(18)36-15-35-21;4-2(5)1-3(6)7/h1-2,7-8,12,15,17H,3-5,9-11,13-14H2,(H2,32,37)(H,34,35,36);1H2,(H,4,5)(H,6,7). The lowest BCUT2D eigenvalue weighted by atomic mass is 9.83. The van der Waals surface area contributed by atoms with Crippen LogP contribution in [0.25, 0.3) is 22.3 Å². The van der Waals surface area contributed by atoms with Crippen LogP contribution in [0, 0.1) is 17.1 Å². The van der Waals surface area contributed by atoms with Gasteiger partial charge in [0.05, 0.1) is 23.7 Å². The number of nitrogens with one attached hydrogen (secondary N) is 1. The number of H-pyrrole nitrogens is 1. The number of likely N-dealkylation sites (tertiary alicyclic amines) is 2.